The van der Waals surface area contributed by atoms with E-state index in [1.807, 2.05) is 32.0 Å². The first-order chi connectivity index (χ1) is 13.8. The fourth-order valence-electron chi connectivity index (χ4n) is 3.57. The van der Waals surface area contributed by atoms with Crippen molar-refractivity contribution >= 4 is 34.1 Å². The summed E-state index contributed by atoms with van der Waals surface area (Å²) in [5.41, 5.74) is 4.48. The van der Waals surface area contributed by atoms with Gasteiger partial charge in [0.05, 0.1) is 25.1 Å². The largest absolute Gasteiger partial charge is 0.462 e. The van der Waals surface area contributed by atoms with Crippen molar-refractivity contribution in [3.8, 4) is 0 Å². The lowest BCUT2D eigenvalue weighted by Crippen LogP contribution is -2.34. The SMILES string of the molecule is CCOC(=O)c1c(NC(=O)Cc2ccc(C)cc2C)sc2c1CCN(C(C)=O)C2. The summed E-state index contributed by atoms with van der Waals surface area (Å²) < 4.78 is 5.24. The highest BCUT2D eigenvalue weighted by atomic mass is 32.1. The van der Waals surface area contributed by atoms with Crippen molar-refractivity contribution in [2.45, 2.75) is 47.1 Å². The zero-order chi connectivity index (χ0) is 21.1. The summed E-state index contributed by atoms with van der Waals surface area (Å²) in [6.45, 7) is 8.57. The van der Waals surface area contributed by atoms with Crippen LogP contribution in [0.4, 0.5) is 5.00 Å². The average Bonchev–Trinajstić information content (AvgIpc) is 3.01. The minimum absolute atomic E-state index is 0.00201. The fourth-order valence-corrected chi connectivity index (χ4v) is 4.84. The minimum Gasteiger partial charge on any atom is -0.462 e. The number of benzene rings is 1. The molecule has 0 bridgehead atoms. The number of carbonyl (C=O) groups excluding carboxylic acids is 3. The molecule has 1 N–H and O–H groups in total. The smallest absolute Gasteiger partial charge is 0.341 e. The summed E-state index contributed by atoms with van der Waals surface area (Å²) in [6.07, 6.45) is 0.809. The van der Waals surface area contributed by atoms with Crippen molar-refractivity contribution in [1.82, 2.24) is 4.90 Å². The third-order valence-corrected chi connectivity index (χ3v) is 6.22. The van der Waals surface area contributed by atoms with Crippen molar-refractivity contribution in [3.05, 3.63) is 50.9 Å². The summed E-state index contributed by atoms with van der Waals surface area (Å²) in [5, 5.41) is 3.42. The van der Waals surface area contributed by atoms with Crippen LogP contribution in [-0.4, -0.2) is 35.8 Å². The van der Waals surface area contributed by atoms with Gasteiger partial charge in [0, 0.05) is 18.3 Å². The molecule has 1 aromatic heterocycles. The molecule has 0 atom stereocenters. The lowest BCUT2D eigenvalue weighted by atomic mass is 10.0. The second-order valence-electron chi connectivity index (χ2n) is 7.27. The van der Waals surface area contributed by atoms with E-state index in [1.165, 1.54) is 18.3 Å². The number of nitrogens with one attached hydrogen (secondary N) is 1. The number of amides is 2. The molecule has 2 amide bonds. The van der Waals surface area contributed by atoms with Crippen molar-refractivity contribution in [2.24, 2.45) is 0 Å². The number of anilines is 1. The molecule has 0 saturated carbocycles. The second kappa shape index (κ2) is 8.78. The Balaban J connectivity index is 1.86. The predicted molar refractivity (Wildman–Crippen MR) is 113 cm³/mol. The molecule has 2 aromatic rings. The number of rotatable bonds is 5. The number of hydrogen-bond acceptors (Lipinski definition) is 5. The van der Waals surface area contributed by atoms with Gasteiger partial charge in [-0.05, 0) is 43.9 Å². The third-order valence-electron chi connectivity index (χ3n) is 5.08. The topological polar surface area (TPSA) is 75.7 Å². The molecular weight excluding hydrogens is 388 g/mol. The van der Waals surface area contributed by atoms with Gasteiger partial charge in [0.25, 0.3) is 0 Å². The zero-order valence-electron chi connectivity index (χ0n) is 17.3. The first-order valence-electron chi connectivity index (χ1n) is 9.73. The maximum atomic E-state index is 12.7. The molecular formula is C22H26N2O4S. The fraction of sp³-hybridized carbons (Fsp3) is 0.409. The molecule has 0 saturated heterocycles. The summed E-state index contributed by atoms with van der Waals surface area (Å²) in [6, 6.07) is 5.99. The van der Waals surface area contributed by atoms with Crippen LogP contribution in [0, 0.1) is 13.8 Å². The standard InChI is InChI=1S/C22H26N2O4S/c1-5-28-22(27)20-17-8-9-24(15(4)25)12-18(17)29-21(20)23-19(26)11-16-7-6-13(2)10-14(16)3/h6-7,10H,5,8-9,11-12H2,1-4H3,(H,23,26). The number of hydrogen-bond donors (Lipinski definition) is 1. The Kier molecular flexibility index (Phi) is 6.37. The Morgan fingerprint density at radius 3 is 2.66 bits per heavy atom. The Morgan fingerprint density at radius 1 is 1.24 bits per heavy atom. The van der Waals surface area contributed by atoms with Crippen LogP contribution in [0.5, 0.6) is 0 Å². The van der Waals surface area contributed by atoms with Gasteiger partial charge in [-0.2, -0.15) is 0 Å². The van der Waals surface area contributed by atoms with Crippen LogP contribution in [0.2, 0.25) is 0 Å². The van der Waals surface area contributed by atoms with Crippen molar-refractivity contribution in [2.75, 3.05) is 18.5 Å². The van der Waals surface area contributed by atoms with Gasteiger partial charge in [0.1, 0.15) is 5.00 Å². The van der Waals surface area contributed by atoms with Gasteiger partial charge in [0.15, 0.2) is 0 Å². The highest BCUT2D eigenvalue weighted by Crippen LogP contribution is 2.37. The third kappa shape index (κ3) is 4.67. The quantitative estimate of drug-likeness (QED) is 0.758. The van der Waals surface area contributed by atoms with Gasteiger partial charge in [-0.25, -0.2) is 4.79 Å². The van der Waals surface area contributed by atoms with E-state index < -0.39 is 5.97 Å². The molecule has 0 fully saturated rings. The maximum Gasteiger partial charge on any atom is 0.341 e. The first-order valence-corrected chi connectivity index (χ1v) is 10.5. The number of fused-ring (bicyclic) bond motifs is 1. The van der Waals surface area contributed by atoms with Gasteiger partial charge >= 0.3 is 5.97 Å². The molecule has 1 aromatic carbocycles. The number of nitrogens with zero attached hydrogens (tertiary/aromatic N) is 1. The number of thiophene rings is 1. The predicted octanol–water partition coefficient (Wildman–Crippen LogP) is 3.63. The lowest BCUT2D eigenvalue weighted by molar-refractivity contribution is -0.129. The van der Waals surface area contributed by atoms with Crippen LogP contribution in [0.15, 0.2) is 18.2 Å². The number of esters is 1. The number of carbonyl (C=O) groups is 3. The van der Waals surface area contributed by atoms with Crippen LogP contribution in [0.25, 0.3) is 0 Å². The van der Waals surface area contributed by atoms with E-state index in [-0.39, 0.29) is 24.8 Å². The molecule has 0 aliphatic carbocycles. The molecule has 0 unspecified atom stereocenters. The van der Waals surface area contributed by atoms with E-state index >= 15 is 0 Å². The number of aryl methyl sites for hydroxylation is 2. The molecule has 0 radical (unpaired) electrons. The van der Waals surface area contributed by atoms with Crippen LogP contribution in [-0.2, 0) is 33.7 Å². The molecule has 3 rings (SSSR count). The van der Waals surface area contributed by atoms with Gasteiger partial charge in [0.2, 0.25) is 11.8 Å². The molecule has 1 aliphatic rings. The molecule has 6 nitrogen and oxygen atoms in total. The molecule has 0 spiro atoms. The Morgan fingerprint density at radius 2 is 2.00 bits per heavy atom. The normalized spacial score (nSPS) is 13.0. The van der Waals surface area contributed by atoms with Gasteiger partial charge in [-0.1, -0.05) is 23.8 Å². The minimum atomic E-state index is -0.428. The van der Waals surface area contributed by atoms with Gasteiger partial charge in [-0.15, -0.1) is 11.3 Å². The van der Waals surface area contributed by atoms with Crippen molar-refractivity contribution in [3.63, 3.8) is 0 Å². The highest BCUT2D eigenvalue weighted by Gasteiger charge is 2.30. The Hall–Kier alpha value is -2.67. The molecule has 29 heavy (non-hydrogen) atoms. The van der Waals surface area contributed by atoms with E-state index in [0.29, 0.717) is 30.1 Å². The second-order valence-corrected chi connectivity index (χ2v) is 8.38. The molecule has 7 heteroatoms. The first kappa shape index (κ1) is 21.0. The van der Waals surface area contributed by atoms with Crippen molar-refractivity contribution < 1.29 is 19.1 Å². The molecule has 2 heterocycles. The lowest BCUT2D eigenvalue weighted by Gasteiger charge is -2.25. The van der Waals surface area contributed by atoms with Crippen LogP contribution in [0.3, 0.4) is 0 Å². The van der Waals surface area contributed by atoms with Crippen molar-refractivity contribution in [1.29, 1.82) is 0 Å². The molecule has 154 valence electrons. The van der Waals surface area contributed by atoms with E-state index in [2.05, 4.69) is 5.32 Å². The highest BCUT2D eigenvalue weighted by molar-refractivity contribution is 7.17. The van der Waals surface area contributed by atoms with E-state index in [1.54, 1.807) is 11.8 Å². The maximum absolute atomic E-state index is 12.7. The van der Waals surface area contributed by atoms with Gasteiger partial charge < -0.3 is 15.0 Å². The zero-order valence-corrected chi connectivity index (χ0v) is 18.1. The van der Waals surface area contributed by atoms with E-state index in [4.69, 9.17) is 4.74 Å². The summed E-state index contributed by atoms with van der Waals surface area (Å²) in [4.78, 5) is 39.7. The number of ether oxygens (including phenoxy) is 1. The average molecular weight is 415 g/mol. The van der Waals surface area contributed by atoms with Crippen LogP contribution >= 0.6 is 11.3 Å². The summed E-state index contributed by atoms with van der Waals surface area (Å²) in [7, 11) is 0. The van der Waals surface area contributed by atoms with Gasteiger partial charge in [-0.3, -0.25) is 9.59 Å². The summed E-state index contributed by atoms with van der Waals surface area (Å²) >= 11 is 1.36. The summed E-state index contributed by atoms with van der Waals surface area (Å²) in [5.74, 6) is -0.602. The van der Waals surface area contributed by atoms with E-state index in [0.717, 1.165) is 27.1 Å². The van der Waals surface area contributed by atoms with Crippen LogP contribution in [0.1, 0.15) is 51.3 Å². The Bertz CT molecular complexity index is 964. The Labute approximate surface area is 174 Å². The molecule has 1 aliphatic heterocycles. The van der Waals surface area contributed by atoms with Crippen LogP contribution < -0.4 is 5.32 Å². The monoisotopic (exact) mass is 414 g/mol. The van der Waals surface area contributed by atoms with E-state index in [9.17, 15) is 14.4 Å².